The van der Waals surface area contributed by atoms with E-state index in [9.17, 15) is 18.4 Å². The molecule has 0 unspecified atom stereocenters. The Morgan fingerprint density at radius 2 is 2.10 bits per heavy atom. The second-order valence-electron chi connectivity index (χ2n) is 6.39. The van der Waals surface area contributed by atoms with Crippen LogP contribution in [0.1, 0.15) is 18.4 Å². The lowest BCUT2D eigenvalue weighted by atomic mass is 10.1. The second kappa shape index (κ2) is 9.58. The van der Waals surface area contributed by atoms with E-state index in [0.29, 0.717) is 29.4 Å². The third kappa shape index (κ3) is 5.07. The van der Waals surface area contributed by atoms with Crippen molar-refractivity contribution in [1.82, 2.24) is 0 Å². The van der Waals surface area contributed by atoms with Crippen molar-refractivity contribution in [3.63, 3.8) is 0 Å². The number of nitrogens with zero attached hydrogens (tertiary/aromatic N) is 1. The van der Waals surface area contributed by atoms with Crippen LogP contribution in [0.15, 0.2) is 42.5 Å². The molecule has 2 amide bonds. The topological polar surface area (TPSA) is 67.9 Å². The van der Waals surface area contributed by atoms with Crippen LogP contribution in [0.25, 0.3) is 6.08 Å². The summed E-state index contributed by atoms with van der Waals surface area (Å²) in [5, 5.41) is 2.98. The molecule has 0 aromatic heterocycles. The van der Waals surface area contributed by atoms with Gasteiger partial charge in [0, 0.05) is 30.3 Å². The van der Waals surface area contributed by atoms with Gasteiger partial charge in [0.15, 0.2) is 11.5 Å². The fourth-order valence-corrected chi connectivity index (χ4v) is 3.38. The Kier molecular flexibility index (Phi) is 6.89. The monoisotopic (exact) mass is 436 g/mol. The van der Waals surface area contributed by atoms with Crippen molar-refractivity contribution >= 4 is 40.9 Å². The number of carbonyl (C=O) groups excluding carboxylic acids is 2. The highest BCUT2D eigenvalue weighted by atomic mass is 35.5. The number of anilines is 2. The van der Waals surface area contributed by atoms with Crippen molar-refractivity contribution in [3.05, 3.63) is 53.1 Å². The zero-order valence-corrected chi connectivity index (χ0v) is 16.8. The number of alkyl halides is 2. The molecule has 30 heavy (non-hydrogen) atoms. The van der Waals surface area contributed by atoms with Crippen molar-refractivity contribution in [2.24, 2.45) is 0 Å². The van der Waals surface area contributed by atoms with Crippen LogP contribution < -0.4 is 19.7 Å². The molecule has 0 radical (unpaired) electrons. The summed E-state index contributed by atoms with van der Waals surface area (Å²) < 4.78 is 34.9. The van der Waals surface area contributed by atoms with Crippen molar-refractivity contribution in [2.45, 2.75) is 19.5 Å². The molecule has 3 rings (SSSR count). The van der Waals surface area contributed by atoms with Gasteiger partial charge >= 0.3 is 6.61 Å². The third-order valence-electron chi connectivity index (χ3n) is 4.43. The predicted molar refractivity (Wildman–Crippen MR) is 110 cm³/mol. The Hall–Kier alpha value is -3.13. The van der Waals surface area contributed by atoms with Crippen LogP contribution in [0.3, 0.4) is 0 Å². The molecular formula is C21H19ClF2N2O4. The third-order valence-corrected chi connectivity index (χ3v) is 4.73. The van der Waals surface area contributed by atoms with Crippen LogP contribution in [0.4, 0.5) is 20.2 Å². The number of halogens is 3. The number of benzene rings is 2. The molecule has 1 heterocycles. The van der Waals surface area contributed by atoms with Crippen LogP contribution in [0, 0.1) is 0 Å². The number of hydrogen-bond donors (Lipinski definition) is 1. The number of para-hydroxylation sites is 1. The minimum absolute atomic E-state index is 0.0109. The Balaban J connectivity index is 1.72. The Morgan fingerprint density at radius 1 is 1.30 bits per heavy atom. The molecule has 0 spiro atoms. The van der Waals surface area contributed by atoms with E-state index in [1.807, 2.05) is 0 Å². The normalized spacial score (nSPS) is 13.9. The maximum Gasteiger partial charge on any atom is 0.387 e. The van der Waals surface area contributed by atoms with Gasteiger partial charge in [-0.1, -0.05) is 23.7 Å². The first-order valence-electron chi connectivity index (χ1n) is 9.10. The van der Waals surface area contributed by atoms with Gasteiger partial charge in [-0.05, 0) is 36.8 Å². The number of methoxy groups -OCH3 is 1. The summed E-state index contributed by atoms with van der Waals surface area (Å²) in [4.78, 5) is 25.7. The van der Waals surface area contributed by atoms with Gasteiger partial charge in [-0.25, -0.2) is 0 Å². The van der Waals surface area contributed by atoms with Crippen LogP contribution >= 0.6 is 11.6 Å². The summed E-state index contributed by atoms with van der Waals surface area (Å²) >= 11 is 6.27. The number of hydrogen-bond acceptors (Lipinski definition) is 4. The number of rotatable bonds is 7. The quantitative estimate of drug-likeness (QED) is 0.637. The molecular weight excluding hydrogens is 418 g/mol. The summed E-state index contributed by atoms with van der Waals surface area (Å²) in [6, 6.07) is 9.43. The number of nitrogens with one attached hydrogen (secondary N) is 1. The zero-order chi connectivity index (χ0) is 21.7. The maximum atomic E-state index is 12.7. The summed E-state index contributed by atoms with van der Waals surface area (Å²) in [5.74, 6) is -0.531. The van der Waals surface area contributed by atoms with E-state index in [-0.39, 0.29) is 23.0 Å². The van der Waals surface area contributed by atoms with Crippen LogP contribution in [-0.2, 0) is 9.59 Å². The summed E-state index contributed by atoms with van der Waals surface area (Å²) in [6.07, 6.45) is 3.79. The Labute approximate surface area is 177 Å². The molecule has 0 aliphatic carbocycles. The van der Waals surface area contributed by atoms with E-state index in [2.05, 4.69) is 10.1 Å². The first-order valence-corrected chi connectivity index (χ1v) is 9.47. The van der Waals surface area contributed by atoms with Gasteiger partial charge in [-0.2, -0.15) is 8.78 Å². The van der Waals surface area contributed by atoms with Gasteiger partial charge in [-0.15, -0.1) is 0 Å². The molecule has 158 valence electrons. The van der Waals surface area contributed by atoms with Gasteiger partial charge in [0.1, 0.15) is 0 Å². The molecule has 9 heteroatoms. The number of ether oxygens (including phenoxy) is 2. The molecule has 6 nitrogen and oxygen atoms in total. The molecule has 2 aromatic carbocycles. The van der Waals surface area contributed by atoms with E-state index >= 15 is 0 Å². The van der Waals surface area contributed by atoms with Crippen molar-refractivity contribution in [1.29, 1.82) is 0 Å². The van der Waals surface area contributed by atoms with E-state index in [1.165, 1.54) is 31.4 Å². The standard InChI is InChI=1S/C21H19ClF2N2O4/c1-29-17-5-2-4-13(20(17)30-21(23)24)7-10-18(27)25-14-8-9-16(15(22)12-14)26-11-3-6-19(26)28/h2,4-5,7-10,12,21H,3,6,11H2,1H3,(H,25,27)/b10-7+. The lowest BCUT2D eigenvalue weighted by molar-refractivity contribution is -0.117. The van der Waals surface area contributed by atoms with Gasteiger partial charge in [-0.3, -0.25) is 9.59 Å². The molecule has 0 atom stereocenters. The zero-order valence-electron chi connectivity index (χ0n) is 16.0. The summed E-state index contributed by atoms with van der Waals surface area (Å²) in [5.41, 5.74) is 1.28. The lowest BCUT2D eigenvalue weighted by Crippen LogP contribution is -2.24. The highest BCUT2D eigenvalue weighted by molar-refractivity contribution is 6.34. The SMILES string of the molecule is COc1cccc(/C=C/C(=O)Nc2ccc(N3CCCC3=O)c(Cl)c2)c1OC(F)F. The van der Waals surface area contributed by atoms with Crippen molar-refractivity contribution in [3.8, 4) is 11.5 Å². The van der Waals surface area contributed by atoms with E-state index in [4.69, 9.17) is 16.3 Å². The lowest BCUT2D eigenvalue weighted by Gasteiger charge is -2.18. The molecule has 1 aliphatic heterocycles. The van der Waals surface area contributed by atoms with Gasteiger partial charge in [0.05, 0.1) is 17.8 Å². The van der Waals surface area contributed by atoms with E-state index in [0.717, 1.165) is 6.42 Å². The average Bonchev–Trinajstić information content (AvgIpc) is 3.12. The first kappa shape index (κ1) is 21.6. The molecule has 1 saturated heterocycles. The molecule has 0 saturated carbocycles. The molecule has 2 aromatic rings. The van der Waals surface area contributed by atoms with Crippen LogP contribution in [0.2, 0.25) is 5.02 Å². The van der Waals surface area contributed by atoms with Gasteiger partial charge in [0.25, 0.3) is 0 Å². The minimum Gasteiger partial charge on any atom is -0.493 e. The van der Waals surface area contributed by atoms with Gasteiger partial charge < -0.3 is 19.7 Å². The van der Waals surface area contributed by atoms with Gasteiger partial charge in [0.2, 0.25) is 11.8 Å². The largest absolute Gasteiger partial charge is 0.493 e. The Bertz CT molecular complexity index is 981. The van der Waals surface area contributed by atoms with E-state index in [1.54, 1.807) is 29.2 Å². The predicted octanol–water partition coefficient (Wildman–Crippen LogP) is 4.73. The maximum absolute atomic E-state index is 12.7. The van der Waals surface area contributed by atoms with E-state index < -0.39 is 12.5 Å². The Morgan fingerprint density at radius 3 is 2.73 bits per heavy atom. The fraction of sp³-hybridized carbons (Fsp3) is 0.238. The molecule has 1 aliphatic rings. The molecule has 1 fully saturated rings. The second-order valence-corrected chi connectivity index (χ2v) is 6.80. The summed E-state index contributed by atoms with van der Waals surface area (Å²) in [6.45, 7) is -2.43. The first-order chi connectivity index (χ1) is 14.4. The fourth-order valence-electron chi connectivity index (χ4n) is 3.10. The van der Waals surface area contributed by atoms with Crippen molar-refractivity contribution in [2.75, 3.05) is 23.9 Å². The van der Waals surface area contributed by atoms with Crippen molar-refractivity contribution < 1.29 is 27.8 Å². The number of carbonyl (C=O) groups is 2. The minimum atomic E-state index is -3.04. The highest BCUT2D eigenvalue weighted by Crippen LogP contribution is 2.34. The number of amides is 2. The highest BCUT2D eigenvalue weighted by Gasteiger charge is 2.23. The summed E-state index contributed by atoms with van der Waals surface area (Å²) in [7, 11) is 1.33. The average molecular weight is 437 g/mol. The smallest absolute Gasteiger partial charge is 0.387 e. The van der Waals surface area contributed by atoms with Crippen LogP contribution in [0.5, 0.6) is 11.5 Å². The van der Waals surface area contributed by atoms with Crippen LogP contribution in [-0.4, -0.2) is 32.1 Å². The molecule has 1 N–H and O–H groups in total. The molecule has 0 bridgehead atoms.